The van der Waals surface area contributed by atoms with Crippen molar-refractivity contribution in [2.24, 2.45) is 0 Å². The van der Waals surface area contributed by atoms with Crippen LogP contribution in [0.15, 0.2) is 76.9 Å². The minimum Gasteiger partial charge on any atom is -0.494 e. The fourth-order valence-corrected chi connectivity index (χ4v) is 4.33. The van der Waals surface area contributed by atoms with Gasteiger partial charge in [0.25, 0.3) is 5.91 Å². The van der Waals surface area contributed by atoms with Crippen LogP contribution < -0.4 is 14.4 Å². The summed E-state index contributed by atoms with van der Waals surface area (Å²) in [4.78, 5) is 16.6. The van der Waals surface area contributed by atoms with Crippen LogP contribution in [0.4, 0.5) is 5.69 Å². The number of rotatable bonds is 7. The summed E-state index contributed by atoms with van der Waals surface area (Å²) in [6.07, 6.45) is 1.76. The zero-order chi connectivity index (χ0) is 24.9. The molecule has 0 saturated carbocycles. The molecule has 1 saturated heterocycles. The molecule has 1 fully saturated rings. The van der Waals surface area contributed by atoms with E-state index in [-0.39, 0.29) is 12.5 Å². The maximum Gasteiger partial charge on any atom is 0.281 e. The number of amides is 1. The van der Waals surface area contributed by atoms with Crippen molar-refractivity contribution in [1.29, 1.82) is 5.26 Å². The summed E-state index contributed by atoms with van der Waals surface area (Å²) in [7, 11) is 1.77. The van der Waals surface area contributed by atoms with E-state index in [1.54, 1.807) is 24.1 Å². The lowest BCUT2D eigenvalue weighted by Gasteiger charge is -2.16. The fourth-order valence-electron chi connectivity index (χ4n) is 3.66. The monoisotopic (exact) mass is 547 g/mol. The number of halogens is 1. The van der Waals surface area contributed by atoms with Crippen LogP contribution in [0.25, 0.3) is 6.08 Å². The molecule has 1 aliphatic heterocycles. The fraction of sp³-hybridized carbons (Fsp3) is 0.148. The second-order valence-electron chi connectivity index (χ2n) is 7.68. The highest BCUT2D eigenvalue weighted by atomic mass is 79.9. The van der Waals surface area contributed by atoms with Crippen LogP contribution in [-0.2, 0) is 11.4 Å². The van der Waals surface area contributed by atoms with Crippen LogP contribution in [-0.4, -0.2) is 29.6 Å². The number of likely N-dealkylation sites (N-methyl/N-ethyl adjacent to an activating group) is 1. The Morgan fingerprint density at radius 1 is 1.09 bits per heavy atom. The molecule has 0 unspecified atom stereocenters. The predicted octanol–water partition coefficient (Wildman–Crippen LogP) is 5.90. The first-order valence-electron chi connectivity index (χ1n) is 10.9. The van der Waals surface area contributed by atoms with Crippen LogP contribution in [0.2, 0.25) is 0 Å². The molecular formula is C27H22BrN3O3S. The Morgan fingerprint density at radius 3 is 2.54 bits per heavy atom. The van der Waals surface area contributed by atoms with Crippen molar-refractivity contribution in [2.45, 2.75) is 13.5 Å². The lowest BCUT2D eigenvalue weighted by atomic mass is 10.1. The molecule has 1 heterocycles. The van der Waals surface area contributed by atoms with Crippen molar-refractivity contribution in [3.05, 3.63) is 93.6 Å². The highest BCUT2D eigenvalue weighted by molar-refractivity contribution is 9.10. The minimum atomic E-state index is -0.234. The molecule has 8 heteroatoms. The highest BCUT2D eigenvalue weighted by Crippen LogP contribution is 2.32. The van der Waals surface area contributed by atoms with Gasteiger partial charge in [0.2, 0.25) is 0 Å². The Labute approximate surface area is 218 Å². The van der Waals surface area contributed by atoms with Crippen molar-refractivity contribution in [2.75, 3.05) is 18.6 Å². The van der Waals surface area contributed by atoms with Gasteiger partial charge in [0.15, 0.2) is 5.11 Å². The number of hydrogen-bond donors (Lipinski definition) is 0. The van der Waals surface area contributed by atoms with Gasteiger partial charge in [-0.1, -0.05) is 34.1 Å². The number of nitrogens with zero attached hydrogens (tertiary/aromatic N) is 3. The first-order valence-corrected chi connectivity index (χ1v) is 12.1. The standard InChI is InChI=1S/C27H22BrN3O3S/c1-3-33-23-11-9-22(10-12-23)31-26(32)24(30(2)27(31)35)15-20-14-21(28)8-13-25(20)34-17-19-7-5-4-6-18(19)16-29/h4-15H,3,17H2,1-2H3/b24-15-. The van der Waals surface area contributed by atoms with E-state index in [9.17, 15) is 10.1 Å². The zero-order valence-electron chi connectivity index (χ0n) is 19.2. The van der Waals surface area contributed by atoms with Gasteiger partial charge >= 0.3 is 0 Å². The molecule has 0 bridgehead atoms. The molecule has 0 spiro atoms. The van der Waals surface area contributed by atoms with Crippen molar-refractivity contribution in [1.82, 2.24) is 4.90 Å². The molecule has 176 valence electrons. The Balaban J connectivity index is 1.63. The molecule has 0 radical (unpaired) electrons. The summed E-state index contributed by atoms with van der Waals surface area (Å²) in [6, 6.07) is 22.3. The second kappa shape index (κ2) is 10.7. The van der Waals surface area contributed by atoms with Gasteiger partial charge in [-0.05, 0) is 73.7 Å². The molecule has 0 atom stereocenters. The van der Waals surface area contributed by atoms with Gasteiger partial charge in [-0.2, -0.15) is 5.26 Å². The Morgan fingerprint density at radius 2 is 1.83 bits per heavy atom. The largest absolute Gasteiger partial charge is 0.494 e. The summed E-state index contributed by atoms with van der Waals surface area (Å²) in [5.74, 6) is 1.08. The van der Waals surface area contributed by atoms with E-state index in [2.05, 4.69) is 22.0 Å². The smallest absolute Gasteiger partial charge is 0.281 e. The molecule has 1 aliphatic rings. The number of ether oxygens (including phenoxy) is 2. The van der Waals surface area contributed by atoms with Gasteiger partial charge in [0.05, 0.1) is 23.9 Å². The molecular weight excluding hydrogens is 526 g/mol. The average molecular weight is 548 g/mol. The van der Waals surface area contributed by atoms with E-state index in [0.717, 1.165) is 15.8 Å². The summed E-state index contributed by atoms with van der Waals surface area (Å²) < 4.78 is 12.4. The third kappa shape index (κ3) is 5.21. The Kier molecular flexibility index (Phi) is 7.49. The van der Waals surface area contributed by atoms with Gasteiger partial charge in [0, 0.05) is 22.6 Å². The summed E-state index contributed by atoms with van der Waals surface area (Å²) in [5.41, 5.74) is 3.14. The average Bonchev–Trinajstić information content (AvgIpc) is 3.07. The van der Waals surface area contributed by atoms with Gasteiger partial charge in [0.1, 0.15) is 23.8 Å². The van der Waals surface area contributed by atoms with Gasteiger partial charge in [-0.15, -0.1) is 0 Å². The number of nitriles is 1. The summed E-state index contributed by atoms with van der Waals surface area (Å²) in [6.45, 7) is 2.71. The van der Waals surface area contributed by atoms with Crippen LogP contribution in [0.3, 0.4) is 0 Å². The second-order valence-corrected chi connectivity index (χ2v) is 8.96. The quantitative estimate of drug-likeness (QED) is 0.271. The van der Waals surface area contributed by atoms with Crippen LogP contribution in [0, 0.1) is 11.3 Å². The van der Waals surface area contributed by atoms with Gasteiger partial charge < -0.3 is 14.4 Å². The normalized spacial score (nSPS) is 14.4. The molecule has 6 nitrogen and oxygen atoms in total. The highest BCUT2D eigenvalue weighted by Gasteiger charge is 2.37. The molecule has 0 aromatic heterocycles. The molecule has 1 amide bonds. The van der Waals surface area contributed by atoms with Crippen molar-refractivity contribution < 1.29 is 14.3 Å². The van der Waals surface area contributed by atoms with Crippen LogP contribution in [0.1, 0.15) is 23.6 Å². The number of anilines is 1. The third-order valence-corrected chi connectivity index (χ3v) is 6.40. The van der Waals surface area contributed by atoms with Crippen LogP contribution >= 0.6 is 28.1 Å². The maximum absolute atomic E-state index is 13.4. The van der Waals surface area contributed by atoms with Crippen molar-refractivity contribution in [3.63, 3.8) is 0 Å². The molecule has 4 rings (SSSR count). The lowest BCUT2D eigenvalue weighted by molar-refractivity contribution is -0.114. The Bertz CT molecular complexity index is 1350. The Hall–Kier alpha value is -3.67. The predicted molar refractivity (Wildman–Crippen MR) is 143 cm³/mol. The van der Waals surface area contributed by atoms with E-state index in [4.69, 9.17) is 21.7 Å². The number of hydrogen-bond acceptors (Lipinski definition) is 5. The van der Waals surface area contributed by atoms with Crippen LogP contribution in [0.5, 0.6) is 11.5 Å². The number of carbonyl (C=O) groups excluding carboxylic acids is 1. The van der Waals surface area contributed by atoms with E-state index in [1.807, 2.05) is 67.6 Å². The zero-order valence-corrected chi connectivity index (χ0v) is 21.6. The minimum absolute atomic E-state index is 0.224. The lowest BCUT2D eigenvalue weighted by Crippen LogP contribution is -2.31. The molecule has 35 heavy (non-hydrogen) atoms. The molecule has 3 aromatic carbocycles. The molecule has 3 aromatic rings. The first-order chi connectivity index (χ1) is 16.9. The number of thiocarbonyl (C=S) groups is 1. The third-order valence-electron chi connectivity index (χ3n) is 5.45. The number of benzene rings is 3. The SMILES string of the molecule is CCOc1ccc(N2C(=O)/C(=C/c3cc(Br)ccc3OCc3ccccc3C#N)N(C)C2=S)cc1. The van der Waals surface area contributed by atoms with E-state index >= 15 is 0 Å². The first kappa shape index (κ1) is 24.5. The van der Waals surface area contributed by atoms with Gasteiger partial charge in [-0.3, -0.25) is 9.69 Å². The molecule has 0 aliphatic carbocycles. The topological polar surface area (TPSA) is 65.8 Å². The maximum atomic E-state index is 13.4. The summed E-state index contributed by atoms with van der Waals surface area (Å²) >= 11 is 9.09. The van der Waals surface area contributed by atoms with E-state index in [0.29, 0.717) is 40.0 Å². The van der Waals surface area contributed by atoms with E-state index < -0.39 is 0 Å². The van der Waals surface area contributed by atoms with E-state index in [1.165, 1.54) is 4.90 Å². The molecule has 0 N–H and O–H groups in total. The number of carbonyl (C=O) groups is 1. The summed E-state index contributed by atoms with van der Waals surface area (Å²) in [5, 5.41) is 9.73. The van der Waals surface area contributed by atoms with Crippen molar-refractivity contribution >= 4 is 50.9 Å². The van der Waals surface area contributed by atoms with Crippen molar-refractivity contribution in [3.8, 4) is 17.6 Å². The van der Waals surface area contributed by atoms with Gasteiger partial charge in [-0.25, -0.2) is 0 Å².